The van der Waals surface area contributed by atoms with Gasteiger partial charge in [-0.05, 0) is 25.1 Å². The molecule has 2 amide bonds. The Morgan fingerprint density at radius 3 is 1.67 bits per heavy atom. The number of rotatable bonds is 8. The Morgan fingerprint density at radius 2 is 1.38 bits per heavy atom. The Labute approximate surface area is 129 Å². The largest absolute Gasteiger partial charge is 0.395 e. The van der Waals surface area contributed by atoms with Crippen molar-refractivity contribution in [2.75, 3.05) is 26.3 Å². The van der Waals surface area contributed by atoms with Crippen molar-refractivity contribution >= 4 is 29.1 Å². The number of amides is 2. The molecule has 0 aromatic rings. The van der Waals surface area contributed by atoms with Crippen LogP contribution >= 0.6 is 12.2 Å². The van der Waals surface area contributed by atoms with Crippen LogP contribution in [0.15, 0.2) is 25.3 Å². The van der Waals surface area contributed by atoms with Gasteiger partial charge in [0.25, 0.3) is 0 Å². The predicted molar refractivity (Wildman–Crippen MR) is 82.3 cm³/mol. The zero-order valence-electron chi connectivity index (χ0n) is 11.8. The molecule has 0 atom stereocenters. The SMILES string of the molecule is C=CCC1(CC=C)C(=O)N(CCO)C(=S)N(CCO)C1=O. The molecular formula is C14H20N2O4S. The van der Waals surface area contributed by atoms with Crippen LogP contribution < -0.4 is 0 Å². The zero-order valence-corrected chi connectivity index (χ0v) is 12.6. The lowest BCUT2D eigenvalue weighted by atomic mass is 9.77. The minimum absolute atomic E-state index is 0.00289. The number of nitrogens with zero attached hydrogens (tertiary/aromatic N) is 2. The predicted octanol–water partition coefficient (Wildman–Crippen LogP) is 0.0653. The van der Waals surface area contributed by atoms with Crippen molar-refractivity contribution in [3.63, 3.8) is 0 Å². The van der Waals surface area contributed by atoms with Gasteiger partial charge in [0.05, 0.1) is 26.3 Å². The maximum Gasteiger partial charge on any atom is 0.245 e. The van der Waals surface area contributed by atoms with Gasteiger partial charge in [0.1, 0.15) is 5.41 Å². The van der Waals surface area contributed by atoms with E-state index in [0.29, 0.717) is 0 Å². The molecule has 7 heteroatoms. The second-order valence-corrected chi connectivity index (χ2v) is 5.08. The highest BCUT2D eigenvalue weighted by Crippen LogP contribution is 2.37. The van der Waals surface area contributed by atoms with Crippen molar-refractivity contribution in [3.8, 4) is 0 Å². The molecule has 1 aliphatic heterocycles. The summed E-state index contributed by atoms with van der Waals surface area (Å²) in [4.78, 5) is 27.8. The summed E-state index contributed by atoms with van der Waals surface area (Å²) in [5, 5.41) is 18.2. The summed E-state index contributed by atoms with van der Waals surface area (Å²) in [7, 11) is 0. The first-order valence-corrected chi connectivity index (χ1v) is 7.02. The van der Waals surface area contributed by atoms with Crippen LogP contribution in [0.2, 0.25) is 0 Å². The lowest BCUT2D eigenvalue weighted by Crippen LogP contribution is -2.65. The van der Waals surface area contributed by atoms with Crippen LogP contribution in [0.25, 0.3) is 0 Å². The third kappa shape index (κ3) is 3.04. The Balaban J connectivity index is 3.34. The summed E-state index contributed by atoms with van der Waals surface area (Å²) in [6.45, 7) is 6.67. The second kappa shape index (κ2) is 7.44. The molecule has 0 spiro atoms. The van der Waals surface area contributed by atoms with E-state index in [9.17, 15) is 9.59 Å². The number of carbonyl (C=O) groups is 2. The minimum atomic E-state index is -1.35. The molecular weight excluding hydrogens is 292 g/mol. The van der Waals surface area contributed by atoms with Gasteiger partial charge in [0, 0.05) is 0 Å². The maximum atomic E-state index is 12.7. The molecule has 0 aromatic heterocycles. The Bertz CT molecular complexity index is 424. The van der Waals surface area contributed by atoms with Gasteiger partial charge in [-0.1, -0.05) is 12.2 Å². The average Bonchev–Trinajstić information content (AvgIpc) is 2.46. The summed E-state index contributed by atoms with van der Waals surface area (Å²) in [6.07, 6.45) is 3.29. The van der Waals surface area contributed by atoms with Crippen LogP contribution in [0.1, 0.15) is 12.8 Å². The topological polar surface area (TPSA) is 81.1 Å². The first kappa shape index (κ1) is 17.5. The molecule has 1 heterocycles. The monoisotopic (exact) mass is 312 g/mol. The summed E-state index contributed by atoms with van der Waals surface area (Å²) in [6, 6.07) is 0. The van der Waals surface area contributed by atoms with E-state index in [2.05, 4.69) is 13.2 Å². The Kier molecular flexibility index (Phi) is 6.19. The summed E-state index contributed by atoms with van der Waals surface area (Å²) in [5.74, 6) is -0.916. The normalized spacial score (nSPS) is 18.1. The molecule has 0 aromatic carbocycles. The van der Waals surface area contributed by atoms with Crippen molar-refractivity contribution in [2.45, 2.75) is 12.8 Å². The minimum Gasteiger partial charge on any atom is -0.395 e. The summed E-state index contributed by atoms with van der Waals surface area (Å²) < 4.78 is 0. The number of aliphatic hydroxyl groups excluding tert-OH is 2. The molecule has 21 heavy (non-hydrogen) atoms. The van der Waals surface area contributed by atoms with E-state index in [0.717, 1.165) is 0 Å². The highest BCUT2D eigenvalue weighted by molar-refractivity contribution is 7.80. The fraction of sp³-hybridized carbons (Fsp3) is 0.500. The summed E-state index contributed by atoms with van der Waals surface area (Å²) in [5.41, 5.74) is -1.35. The van der Waals surface area contributed by atoms with Crippen molar-refractivity contribution in [1.82, 2.24) is 9.80 Å². The van der Waals surface area contributed by atoms with Crippen molar-refractivity contribution in [1.29, 1.82) is 0 Å². The number of thiocarbonyl (C=S) groups is 1. The number of hydrogen-bond acceptors (Lipinski definition) is 5. The number of β-amino-alcohol motifs (C(OH)–C–C–N with tert-alkyl or cyclic N) is 2. The van der Waals surface area contributed by atoms with Gasteiger partial charge in [-0.25, -0.2) is 0 Å². The van der Waals surface area contributed by atoms with E-state index >= 15 is 0 Å². The van der Waals surface area contributed by atoms with E-state index in [1.54, 1.807) is 0 Å². The first-order valence-electron chi connectivity index (χ1n) is 6.61. The molecule has 0 aliphatic carbocycles. The van der Waals surface area contributed by atoms with Gasteiger partial charge in [-0.3, -0.25) is 19.4 Å². The van der Waals surface area contributed by atoms with Crippen LogP contribution in [-0.4, -0.2) is 63.2 Å². The number of aliphatic hydroxyl groups is 2. The number of carbonyl (C=O) groups excluding carboxylic acids is 2. The molecule has 0 bridgehead atoms. The molecule has 1 aliphatic rings. The van der Waals surface area contributed by atoms with Gasteiger partial charge in [0.15, 0.2) is 5.11 Å². The fourth-order valence-electron chi connectivity index (χ4n) is 2.45. The van der Waals surface area contributed by atoms with Crippen molar-refractivity contribution in [2.24, 2.45) is 5.41 Å². The quantitative estimate of drug-likeness (QED) is 0.376. The van der Waals surface area contributed by atoms with Gasteiger partial charge in [0.2, 0.25) is 11.8 Å². The molecule has 2 N–H and O–H groups in total. The fourth-order valence-corrected chi connectivity index (χ4v) is 2.80. The Hall–Kier alpha value is -1.57. The number of hydrogen-bond donors (Lipinski definition) is 2. The second-order valence-electron chi connectivity index (χ2n) is 4.71. The third-order valence-corrected chi connectivity index (χ3v) is 3.84. The van der Waals surface area contributed by atoms with Crippen molar-refractivity contribution in [3.05, 3.63) is 25.3 Å². The van der Waals surface area contributed by atoms with Crippen molar-refractivity contribution < 1.29 is 19.8 Å². The van der Waals surface area contributed by atoms with Crippen LogP contribution in [0.5, 0.6) is 0 Å². The van der Waals surface area contributed by atoms with E-state index in [1.807, 2.05) is 0 Å². The van der Waals surface area contributed by atoms with E-state index in [4.69, 9.17) is 22.4 Å². The molecule has 0 unspecified atom stereocenters. The smallest absolute Gasteiger partial charge is 0.245 e. The van der Waals surface area contributed by atoms with Gasteiger partial charge >= 0.3 is 0 Å². The van der Waals surface area contributed by atoms with Crippen LogP contribution in [0.3, 0.4) is 0 Å². The molecule has 0 saturated carbocycles. The van der Waals surface area contributed by atoms with Crippen LogP contribution in [-0.2, 0) is 9.59 Å². The number of allylic oxidation sites excluding steroid dienone is 2. The molecule has 0 radical (unpaired) electrons. The van der Waals surface area contributed by atoms with Crippen LogP contribution in [0.4, 0.5) is 0 Å². The average molecular weight is 312 g/mol. The molecule has 6 nitrogen and oxygen atoms in total. The lowest BCUT2D eigenvalue weighted by molar-refractivity contribution is -0.156. The summed E-state index contributed by atoms with van der Waals surface area (Å²) >= 11 is 5.14. The standard InChI is InChI=1S/C14H20N2O4S/c1-3-5-14(6-4-2)11(19)15(7-9-17)13(21)16(8-10-18)12(14)20/h3-4,17-18H,1-2,5-10H2. The molecule has 1 fully saturated rings. The first-order chi connectivity index (χ1) is 9.99. The molecule has 1 rings (SSSR count). The third-order valence-electron chi connectivity index (χ3n) is 3.40. The molecule has 116 valence electrons. The lowest BCUT2D eigenvalue weighted by Gasteiger charge is -2.45. The maximum absolute atomic E-state index is 12.7. The van der Waals surface area contributed by atoms with Gasteiger partial charge in [-0.2, -0.15) is 0 Å². The Morgan fingerprint density at radius 1 is 1.00 bits per heavy atom. The highest BCUT2D eigenvalue weighted by atomic mass is 32.1. The van der Waals surface area contributed by atoms with E-state index in [-0.39, 0.29) is 44.3 Å². The van der Waals surface area contributed by atoms with Crippen LogP contribution in [0, 0.1) is 5.41 Å². The van der Waals surface area contributed by atoms with E-state index < -0.39 is 17.2 Å². The van der Waals surface area contributed by atoms with Gasteiger partial charge in [-0.15, -0.1) is 13.2 Å². The molecule has 1 saturated heterocycles. The van der Waals surface area contributed by atoms with E-state index in [1.165, 1.54) is 22.0 Å². The van der Waals surface area contributed by atoms with Gasteiger partial charge < -0.3 is 10.2 Å². The zero-order chi connectivity index (χ0) is 16.0. The highest BCUT2D eigenvalue weighted by Gasteiger charge is 2.54.